The highest BCUT2D eigenvalue weighted by atomic mass is 19.4. The summed E-state index contributed by atoms with van der Waals surface area (Å²) in [6, 6.07) is 18.0. The second-order valence-electron chi connectivity index (χ2n) is 9.94. The van der Waals surface area contributed by atoms with Crippen molar-refractivity contribution in [3.05, 3.63) is 96.1 Å². The molecule has 1 saturated heterocycles. The fourth-order valence-electron chi connectivity index (χ4n) is 5.00. The number of nitrogens with one attached hydrogen (secondary N) is 2. The minimum absolute atomic E-state index is 0.00685. The van der Waals surface area contributed by atoms with Crippen LogP contribution in [0.4, 0.5) is 30.6 Å². The molecule has 1 aliphatic heterocycles. The van der Waals surface area contributed by atoms with Gasteiger partial charge in [-0.1, -0.05) is 12.1 Å². The number of carbonyl (C=O) groups excluding carboxylic acids is 1. The summed E-state index contributed by atoms with van der Waals surface area (Å²) in [7, 11) is 0. The van der Waals surface area contributed by atoms with E-state index in [2.05, 4.69) is 30.2 Å². The number of aromatic amines is 1. The van der Waals surface area contributed by atoms with Crippen LogP contribution in [-0.4, -0.2) is 56.9 Å². The number of H-pyrrole nitrogens is 1. The highest BCUT2D eigenvalue weighted by Crippen LogP contribution is 2.30. The van der Waals surface area contributed by atoms with Crippen molar-refractivity contribution in [1.29, 1.82) is 0 Å². The van der Waals surface area contributed by atoms with E-state index in [0.29, 0.717) is 37.4 Å². The molecule has 0 aliphatic carbocycles. The summed E-state index contributed by atoms with van der Waals surface area (Å²) in [5.41, 5.74) is 3.86. The van der Waals surface area contributed by atoms with Crippen LogP contribution < -0.4 is 10.2 Å². The molecule has 0 bridgehead atoms. The average Bonchev–Trinajstić information content (AvgIpc) is 3.45. The first-order valence-corrected chi connectivity index (χ1v) is 13.1. The second kappa shape index (κ2) is 10.6. The van der Waals surface area contributed by atoms with Gasteiger partial charge >= 0.3 is 6.18 Å². The normalized spacial score (nSPS) is 14.0. The number of anilines is 3. The fourth-order valence-corrected chi connectivity index (χ4v) is 5.00. The Morgan fingerprint density at radius 1 is 0.902 bits per heavy atom. The van der Waals surface area contributed by atoms with Gasteiger partial charge < -0.3 is 20.1 Å². The summed E-state index contributed by atoms with van der Waals surface area (Å²) in [6.07, 6.45) is 0.120. The first-order valence-electron chi connectivity index (χ1n) is 13.1. The zero-order valence-electron chi connectivity index (χ0n) is 22.1. The van der Waals surface area contributed by atoms with Crippen molar-refractivity contribution in [2.45, 2.75) is 13.1 Å². The molecule has 0 radical (unpaired) electrons. The molecule has 0 unspecified atom stereocenters. The fraction of sp³-hybridized carbons (Fsp3) is 0.200. The minimum Gasteiger partial charge on any atom is -0.361 e. The van der Waals surface area contributed by atoms with Gasteiger partial charge in [-0.05, 0) is 77.5 Å². The molecule has 0 saturated carbocycles. The third kappa shape index (κ3) is 5.69. The number of alkyl halides is 3. The Kier molecular flexibility index (Phi) is 6.78. The number of hydrogen-bond donors (Lipinski definition) is 2. The van der Waals surface area contributed by atoms with Crippen LogP contribution in [0.3, 0.4) is 0 Å². The molecule has 41 heavy (non-hydrogen) atoms. The Bertz CT molecular complexity index is 1730. The Balaban J connectivity index is 1.16. The maximum atomic E-state index is 13.1. The number of aromatic nitrogens is 4. The summed E-state index contributed by atoms with van der Waals surface area (Å²) < 4.78 is 39.2. The van der Waals surface area contributed by atoms with Crippen LogP contribution in [0.5, 0.6) is 0 Å². The number of piperazine rings is 1. The van der Waals surface area contributed by atoms with E-state index in [-0.39, 0.29) is 11.9 Å². The summed E-state index contributed by atoms with van der Waals surface area (Å²) in [5, 5.41) is 3.96. The molecule has 208 valence electrons. The van der Waals surface area contributed by atoms with Crippen LogP contribution >= 0.6 is 0 Å². The molecule has 2 N–H and O–H groups in total. The van der Waals surface area contributed by atoms with E-state index in [0.717, 1.165) is 45.7 Å². The van der Waals surface area contributed by atoms with Gasteiger partial charge in [-0.2, -0.15) is 13.2 Å². The molecule has 3 aromatic heterocycles. The van der Waals surface area contributed by atoms with Gasteiger partial charge in [0.15, 0.2) is 0 Å². The zero-order chi connectivity index (χ0) is 28.6. The van der Waals surface area contributed by atoms with Crippen molar-refractivity contribution in [2.75, 3.05) is 36.4 Å². The van der Waals surface area contributed by atoms with Crippen LogP contribution in [0.2, 0.25) is 0 Å². The number of amides is 1. The van der Waals surface area contributed by atoms with Crippen molar-refractivity contribution >= 4 is 34.3 Å². The molecule has 1 fully saturated rings. The number of aryl methyl sites for hydroxylation is 1. The number of benzene rings is 2. The third-order valence-electron chi connectivity index (χ3n) is 7.05. The number of carbonyl (C=O) groups is 1. The highest BCUT2D eigenvalue weighted by Gasteiger charge is 2.32. The van der Waals surface area contributed by atoms with Crippen LogP contribution in [0, 0.1) is 6.92 Å². The lowest BCUT2D eigenvalue weighted by Gasteiger charge is -2.35. The van der Waals surface area contributed by atoms with Gasteiger partial charge in [-0.3, -0.25) is 4.79 Å². The standard InChI is InChI=1S/C30H26F3N7O/c1-19-14-23(16-24(15-19)37-29-36-9-6-26(38-29)30(31,32)33)21-5-8-35-27(18-21)39-10-12-40(13-11-39)28(41)22-3-2-20-4-7-34-25(20)17-22/h2-9,14-18,34H,10-13H2,1H3,(H,36,37,38). The van der Waals surface area contributed by atoms with Crippen LogP contribution in [-0.2, 0) is 6.18 Å². The van der Waals surface area contributed by atoms with Gasteiger partial charge in [-0.25, -0.2) is 15.0 Å². The number of nitrogens with zero attached hydrogens (tertiary/aromatic N) is 5. The van der Waals surface area contributed by atoms with E-state index < -0.39 is 11.9 Å². The molecule has 5 aromatic rings. The minimum atomic E-state index is -4.56. The van der Waals surface area contributed by atoms with E-state index in [9.17, 15) is 18.0 Å². The smallest absolute Gasteiger partial charge is 0.361 e. The molecule has 2 aromatic carbocycles. The summed E-state index contributed by atoms with van der Waals surface area (Å²) in [5.74, 6) is 0.666. The van der Waals surface area contributed by atoms with Gasteiger partial charge in [-0.15, -0.1) is 0 Å². The van der Waals surface area contributed by atoms with E-state index in [1.165, 1.54) is 0 Å². The van der Waals surface area contributed by atoms with E-state index in [1.807, 2.05) is 72.6 Å². The van der Waals surface area contributed by atoms with E-state index in [1.54, 1.807) is 6.20 Å². The summed E-state index contributed by atoms with van der Waals surface area (Å²) in [6.45, 7) is 4.33. The van der Waals surface area contributed by atoms with Crippen molar-refractivity contribution < 1.29 is 18.0 Å². The van der Waals surface area contributed by atoms with Crippen molar-refractivity contribution in [2.24, 2.45) is 0 Å². The van der Waals surface area contributed by atoms with Crippen molar-refractivity contribution in [1.82, 2.24) is 24.8 Å². The maximum absolute atomic E-state index is 13.1. The molecule has 6 rings (SSSR count). The van der Waals surface area contributed by atoms with Crippen LogP contribution in [0.1, 0.15) is 21.6 Å². The topological polar surface area (TPSA) is 90.0 Å². The first-order chi connectivity index (χ1) is 19.7. The quantitative estimate of drug-likeness (QED) is 0.273. The van der Waals surface area contributed by atoms with Gasteiger partial charge in [0.05, 0.1) is 0 Å². The molecule has 11 heteroatoms. The van der Waals surface area contributed by atoms with Gasteiger partial charge in [0, 0.05) is 61.5 Å². The number of halogens is 3. The molecule has 4 heterocycles. The highest BCUT2D eigenvalue weighted by molar-refractivity contribution is 5.98. The average molecular weight is 558 g/mol. The molecular formula is C30H26F3N7O. The van der Waals surface area contributed by atoms with E-state index in [4.69, 9.17) is 0 Å². The second-order valence-corrected chi connectivity index (χ2v) is 9.94. The van der Waals surface area contributed by atoms with Gasteiger partial charge in [0.2, 0.25) is 5.95 Å². The Morgan fingerprint density at radius 2 is 1.71 bits per heavy atom. The first kappa shape index (κ1) is 26.3. The van der Waals surface area contributed by atoms with Gasteiger partial charge in [0.1, 0.15) is 11.5 Å². The Morgan fingerprint density at radius 3 is 2.51 bits per heavy atom. The predicted molar refractivity (Wildman–Crippen MR) is 151 cm³/mol. The number of rotatable bonds is 5. The lowest BCUT2D eigenvalue weighted by Crippen LogP contribution is -2.49. The van der Waals surface area contributed by atoms with Crippen molar-refractivity contribution in [3.63, 3.8) is 0 Å². The Hall–Kier alpha value is -4.93. The molecule has 0 spiro atoms. The van der Waals surface area contributed by atoms with Crippen LogP contribution in [0.15, 0.2) is 79.3 Å². The number of pyridine rings is 1. The molecule has 8 nitrogen and oxygen atoms in total. The van der Waals surface area contributed by atoms with Gasteiger partial charge in [0.25, 0.3) is 5.91 Å². The molecular weight excluding hydrogens is 531 g/mol. The summed E-state index contributed by atoms with van der Waals surface area (Å²) >= 11 is 0. The van der Waals surface area contributed by atoms with Crippen LogP contribution in [0.25, 0.3) is 22.0 Å². The Labute approximate surface area is 233 Å². The largest absolute Gasteiger partial charge is 0.433 e. The lowest BCUT2D eigenvalue weighted by molar-refractivity contribution is -0.141. The predicted octanol–water partition coefficient (Wildman–Crippen LogP) is 6.05. The SMILES string of the molecule is Cc1cc(Nc2nccc(C(F)(F)F)n2)cc(-c2ccnc(N3CCN(C(=O)c4ccc5cc[nH]c5c4)CC3)c2)c1. The molecule has 1 amide bonds. The van der Waals surface area contributed by atoms with E-state index >= 15 is 0 Å². The maximum Gasteiger partial charge on any atom is 0.433 e. The number of hydrogen-bond acceptors (Lipinski definition) is 6. The lowest BCUT2D eigenvalue weighted by atomic mass is 10.0. The third-order valence-corrected chi connectivity index (χ3v) is 7.05. The molecule has 0 atom stereocenters. The zero-order valence-corrected chi connectivity index (χ0v) is 22.1. The summed E-state index contributed by atoms with van der Waals surface area (Å²) in [4.78, 5) is 32.4. The molecule has 1 aliphatic rings. The number of fused-ring (bicyclic) bond motifs is 1. The monoisotopic (exact) mass is 557 g/mol. The van der Waals surface area contributed by atoms with Crippen molar-refractivity contribution in [3.8, 4) is 11.1 Å².